The molecule has 0 spiro atoms. The van der Waals surface area contributed by atoms with Gasteiger partial charge < -0.3 is 16.2 Å². The van der Waals surface area contributed by atoms with Crippen molar-refractivity contribution in [3.63, 3.8) is 0 Å². The molecule has 5 nitrogen and oxygen atoms in total. The number of hydrogen-bond acceptors (Lipinski definition) is 3. The molecule has 0 aliphatic heterocycles. The zero-order valence-corrected chi connectivity index (χ0v) is 11.1. The molecule has 17 heavy (non-hydrogen) atoms. The van der Waals surface area contributed by atoms with E-state index in [1.807, 2.05) is 20.8 Å². The summed E-state index contributed by atoms with van der Waals surface area (Å²) in [6, 6.07) is 0. The SMILES string of the molecule is CCCC(C)(NC(=O)C(CN)C(C)C)C(=O)O. The molecule has 0 radical (unpaired) electrons. The maximum absolute atomic E-state index is 12.0. The first-order valence-electron chi connectivity index (χ1n) is 6.04. The molecule has 0 aromatic carbocycles. The zero-order valence-electron chi connectivity index (χ0n) is 11.1. The fourth-order valence-electron chi connectivity index (χ4n) is 1.77. The number of nitrogens with one attached hydrogen (secondary N) is 1. The number of carboxylic acid groups (broad SMARTS) is 1. The number of nitrogens with two attached hydrogens (primary N) is 1. The number of rotatable bonds is 7. The average molecular weight is 244 g/mol. The monoisotopic (exact) mass is 244 g/mol. The van der Waals surface area contributed by atoms with Crippen LogP contribution in [0.5, 0.6) is 0 Å². The highest BCUT2D eigenvalue weighted by Crippen LogP contribution is 2.16. The largest absolute Gasteiger partial charge is 0.480 e. The molecule has 100 valence electrons. The molecule has 0 bridgehead atoms. The van der Waals surface area contributed by atoms with E-state index in [9.17, 15) is 9.59 Å². The van der Waals surface area contributed by atoms with E-state index in [0.717, 1.165) is 0 Å². The molecule has 0 aliphatic carbocycles. The summed E-state index contributed by atoms with van der Waals surface area (Å²) in [6.07, 6.45) is 1.10. The number of carbonyl (C=O) groups excluding carboxylic acids is 1. The van der Waals surface area contributed by atoms with Gasteiger partial charge in [0, 0.05) is 6.54 Å². The molecule has 2 unspecified atom stereocenters. The lowest BCUT2D eigenvalue weighted by Gasteiger charge is -2.29. The van der Waals surface area contributed by atoms with Crippen LogP contribution in [0.4, 0.5) is 0 Å². The molecule has 2 atom stereocenters. The van der Waals surface area contributed by atoms with Crippen molar-refractivity contribution >= 4 is 11.9 Å². The minimum atomic E-state index is -1.20. The van der Waals surface area contributed by atoms with Crippen LogP contribution in [0.25, 0.3) is 0 Å². The first-order chi connectivity index (χ1) is 7.78. The van der Waals surface area contributed by atoms with Crippen molar-refractivity contribution in [1.82, 2.24) is 5.32 Å². The molecule has 0 saturated heterocycles. The quantitative estimate of drug-likeness (QED) is 0.622. The Morgan fingerprint density at radius 3 is 2.24 bits per heavy atom. The summed E-state index contributed by atoms with van der Waals surface area (Å²) in [7, 11) is 0. The van der Waals surface area contributed by atoms with E-state index in [1.54, 1.807) is 0 Å². The smallest absolute Gasteiger partial charge is 0.329 e. The van der Waals surface area contributed by atoms with Crippen LogP contribution >= 0.6 is 0 Å². The van der Waals surface area contributed by atoms with Gasteiger partial charge in [-0.25, -0.2) is 4.79 Å². The molecule has 0 aromatic rings. The van der Waals surface area contributed by atoms with Crippen molar-refractivity contribution in [1.29, 1.82) is 0 Å². The Kier molecular flexibility index (Phi) is 6.16. The van der Waals surface area contributed by atoms with Crippen LogP contribution in [0.15, 0.2) is 0 Å². The van der Waals surface area contributed by atoms with Gasteiger partial charge in [-0.2, -0.15) is 0 Å². The predicted octanol–water partition coefficient (Wildman–Crippen LogP) is 0.977. The highest BCUT2D eigenvalue weighted by Gasteiger charge is 2.36. The molecular weight excluding hydrogens is 220 g/mol. The number of aliphatic carboxylic acids is 1. The van der Waals surface area contributed by atoms with Gasteiger partial charge in [-0.05, 0) is 19.3 Å². The van der Waals surface area contributed by atoms with E-state index in [-0.39, 0.29) is 24.3 Å². The van der Waals surface area contributed by atoms with Crippen LogP contribution in [0.3, 0.4) is 0 Å². The highest BCUT2D eigenvalue weighted by molar-refractivity contribution is 5.87. The summed E-state index contributed by atoms with van der Waals surface area (Å²) >= 11 is 0. The van der Waals surface area contributed by atoms with Gasteiger partial charge in [0.15, 0.2) is 0 Å². The van der Waals surface area contributed by atoms with Crippen molar-refractivity contribution in [2.75, 3.05) is 6.54 Å². The third kappa shape index (κ3) is 4.34. The number of hydrogen-bond donors (Lipinski definition) is 3. The lowest BCUT2D eigenvalue weighted by atomic mass is 9.91. The summed E-state index contributed by atoms with van der Waals surface area (Å²) in [4.78, 5) is 23.1. The summed E-state index contributed by atoms with van der Waals surface area (Å²) in [5.41, 5.74) is 4.34. The van der Waals surface area contributed by atoms with Crippen LogP contribution in [0.1, 0.15) is 40.5 Å². The highest BCUT2D eigenvalue weighted by atomic mass is 16.4. The summed E-state index contributed by atoms with van der Waals surface area (Å²) in [6.45, 7) is 7.44. The van der Waals surface area contributed by atoms with E-state index < -0.39 is 11.5 Å². The molecule has 5 heteroatoms. The van der Waals surface area contributed by atoms with E-state index >= 15 is 0 Å². The van der Waals surface area contributed by atoms with Crippen LogP contribution < -0.4 is 11.1 Å². The van der Waals surface area contributed by atoms with Gasteiger partial charge in [-0.3, -0.25) is 4.79 Å². The van der Waals surface area contributed by atoms with Crippen molar-refractivity contribution in [2.24, 2.45) is 17.6 Å². The Morgan fingerprint density at radius 2 is 1.94 bits per heavy atom. The molecular formula is C12H24N2O3. The Bertz CT molecular complexity index is 279. The molecule has 1 amide bonds. The normalized spacial score (nSPS) is 16.4. The van der Waals surface area contributed by atoms with Gasteiger partial charge in [0.1, 0.15) is 5.54 Å². The summed E-state index contributed by atoms with van der Waals surface area (Å²) < 4.78 is 0. The van der Waals surface area contributed by atoms with E-state index in [1.165, 1.54) is 6.92 Å². The second-order valence-electron chi connectivity index (χ2n) is 4.96. The van der Waals surface area contributed by atoms with Gasteiger partial charge in [-0.15, -0.1) is 0 Å². The Labute approximate surface area is 103 Å². The molecule has 0 heterocycles. The summed E-state index contributed by atoms with van der Waals surface area (Å²) in [5.74, 6) is -1.53. The minimum Gasteiger partial charge on any atom is -0.480 e. The van der Waals surface area contributed by atoms with E-state index in [2.05, 4.69) is 5.32 Å². The fourth-order valence-corrected chi connectivity index (χ4v) is 1.77. The van der Waals surface area contributed by atoms with Crippen molar-refractivity contribution in [2.45, 2.75) is 46.1 Å². The molecule has 4 N–H and O–H groups in total. The zero-order chi connectivity index (χ0) is 13.6. The van der Waals surface area contributed by atoms with Crippen LogP contribution in [-0.4, -0.2) is 29.1 Å². The van der Waals surface area contributed by atoms with Crippen molar-refractivity contribution in [3.05, 3.63) is 0 Å². The third-order valence-electron chi connectivity index (χ3n) is 3.02. The van der Waals surface area contributed by atoms with Gasteiger partial charge in [-0.1, -0.05) is 27.2 Å². The number of carboxylic acids is 1. The number of carbonyl (C=O) groups is 2. The molecule has 0 aliphatic rings. The van der Waals surface area contributed by atoms with E-state index in [4.69, 9.17) is 10.8 Å². The second-order valence-corrected chi connectivity index (χ2v) is 4.96. The second kappa shape index (κ2) is 6.59. The standard InChI is InChI=1S/C12H24N2O3/c1-5-6-12(4,11(16)17)14-10(15)9(7-13)8(2)3/h8-9H,5-7,13H2,1-4H3,(H,14,15)(H,16,17). The van der Waals surface area contributed by atoms with Gasteiger partial charge in [0.25, 0.3) is 0 Å². The number of amides is 1. The van der Waals surface area contributed by atoms with Gasteiger partial charge >= 0.3 is 5.97 Å². The van der Waals surface area contributed by atoms with Crippen molar-refractivity contribution < 1.29 is 14.7 Å². The maximum atomic E-state index is 12.0. The summed E-state index contributed by atoms with van der Waals surface area (Å²) in [5, 5.41) is 11.8. The van der Waals surface area contributed by atoms with Crippen LogP contribution in [0.2, 0.25) is 0 Å². The third-order valence-corrected chi connectivity index (χ3v) is 3.02. The van der Waals surface area contributed by atoms with Crippen molar-refractivity contribution in [3.8, 4) is 0 Å². The first kappa shape index (κ1) is 15.9. The Morgan fingerprint density at radius 1 is 1.41 bits per heavy atom. The fraction of sp³-hybridized carbons (Fsp3) is 0.833. The maximum Gasteiger partial charge on any atom is 0.329 e. The van der Waals surface area contributed by atoms with Crippen LogP contribution in [0, 0.1) is 11.8 Å². The predicted molar refractivity (Wildman–Crippen MR) is 66.5 cm³/mol. The molecule has 0 rings (SSSR count). The molecule has 0 saturated carbocycles. The van der Waals surface area contributed by atoms with Crippen LogP contribution in [-0.2, 0) is 9.59 Å². The van der Waals surface area contributed by atoms with Gasteiger partial charge in [0.2, 0.25) is 5.91 Å². The lowest BCUT2D eigenvalue weighted by molar-refractivity contribution is -0.148. The van der Waals surface area contributed by atoms with E-state index in [0.29, 0.717) is 12.8 Å². The molecule has 0 aromatic heterocycles. The Hall–Kier alpha value is -1.10. The lowest BCUT2D eigenvalue weighted by Crippen LogP contribution is -2.55. The Balaban J connectivity index is 4.77. The molecule has 0 fully saturated rings. The van der Waals surface area contributed by atoms with Gasteiger partial charge in [0.05, 0.1) is 5.92 Å². The topological polar surface area (TPSA) is 92.4 Å². The minimum absolute atomic E-state index is 0.0969. The first-order valence-corrected chi connectivity index (χ1v) is 6.04. The average Bonchev–Trinajstić information content (AvgIpc) is 2.17.